The highest BCUT2D eigenvalue weighted by atomic mass is 35.5. The molecule has 1 aliphatic rings. The van der Waals surface area contributed by atoms with Crippen LogP contribution in [0.1, 0.15) is 35.4 Å². The van der Waals surface area contributed by atoms with E-state index in [1.165, 1.54) is 5.56 Å². The van der Waals surface area contributed by atoms with Crippen LogP contribution in [0, 0.1) is 13.8 Å². The summed E-state index contributed by atoms with van der Waals surface area (Å²) < 4.78 is 0. The van der Waals surface area contributed by atoms with Gasteiger partial charge in [0.25, 0.3) is 0 Å². The maximum absolute atomic E-state index is 9.95. The Balaban J connectivity index is 2.40. The average molecular weight is 240 g/mol. The van der Waals surface area contributed by atoms with Gasteiger partial charge < -0.3 is 10.4 Å². The molecular formula is C13H18ClNO. The van der Waals surface area contributed by atoms with Gasteiger partial charge in [-0.1, -0.05) is 17.7 Å². The Morgan fingerprint density at radius 3 is 2.56 bits per heavy atom. The van der Waals surface area contributed by atoms with Gasteiger partial charge in [0.2, 0.25) is 0 Å². The maximum atomic E-state index is 9.95. The van der Waals surface area contributed by atoms with E-state index in [4.69, 9.17) is 11.6 Å². The zero-order chi connectivity index (χ0) is 11.7. The normalized spacial score (nSPS) is 17.7. The minimum atomic E-state index is 0.259. The quantitative estimate of drug-likeness (QED) is 0.789. The molecule has 0 saturated carbocycles. The number of aromatic hydroxyl groups is 1. The van der Waals surface area contributed by atoms with E-state index in [9.17, 15) is 5.11 Å². The fourth-order valence-electron chi connectivity index (χ4n) is 2.45. The molecule has 3 heteroatoms. The number of nitrogens with one attached hydrogen (secondary N) is 1. The third-order valence-corrected chi connectivity index (χ3v) is 3.97. The average Bonchev–Trinajstić information content (AvgIpc) is 2.32. The summed E-state index contributed by atoms with van der Waals surface area (Å²) in [6, 6.07) is 2.13. The van der Waals surface area contributed by atoms with E-state index < -0.39 is 0 Å². The van der Waals surface area contributed by atoms with E-state index in [-0.39, 0.29) is 5.75 Å². The van der Waals surface area contributed by atoms with Crippen LogP contribution in [0.4, 0.5) is 0 Å². The lowest BCUT2D eigenvalue weighted by molar-refractivity contribution is 0.447. The topological polar surface area (TPSA) is 32.3 Å². The van der Waals surface area contributed by atoms with Gasteiger partial charge in [0, 0.05) is 0 Å². The summed E-state index contributed by atoms with van der Waals surface area (Å²) in [4.78, 5) is 0. The predicted octanol–water partition coefficient (Wildman–Crippen LogP) is 3.13. The molecule has 0 bridgehead atoms. The summed E-state index contributed by atoms with van der Waals surface area (Å²) >= 11 is 6.03. The smallest absolute Gasteiger partial charge is 0.137 e. The first-order valence-electron chi connectivity index (χ1n) is 5.80. The second-order valence-electron chi connectivity index (χ2n) is 4.59. The van der Waals surface area contributed by atoms with Crippen LogP contribution in [0.2, 0.25) is 5.02 Å². The molecule has 1 fully saturated rings. The van der Waals surface area contributed by atoms with Crippen molar-refractivity contribution in [3.8, 4) is 5.75 Å². The Bertz CT molecular complexity index is 397. The third kappa shape index (κ3) is 2.04. The molecule has 0 aromatic heterocycles. The van der Waals surface area contributed by atoms with Crippen molar-refractivity contribution < 1.29 is 5.11 Å². The molecule has 1 aliphatic heterocycles. The summed E-state index contributed by atoms with van der Waals surface area (Å²) in [6.45, 7) is 6.03. The summed E-state index contributed by atoms with van der Waals surface area (Å²) in [5, 5.41) is 13.8. The van der Waals surface area contributed by atoms with E-state index in [0.717, 1.165) is 37.1 Å². The first kappa shape index (κ1) is 11.7. The lowest BCUT2D eigenvalue weighted by atomic mass is 9.86. The largest absolute Gasteiger partial charge is 0.506 e. The van der Waals surface area contributed by atoms with Gasteiger partial charge in [-0.3, -0.25) is 0 Å². The molecule has 2 N–H and O–H groups in total. The number of rotatable bonds is 1. The lowest BCUT2D eigenvalue weighted by Gasteiger charge is -2.25. The van der Waals surface area contributed by atoms with Crippen molar-refractivity contribution in [2.45, 2.75) is 32.6 Å². The number of phenolic OH excluding ortho intramolecular Hbond substituents is 1. The Morgan fingerprint density at radius 1 is 1.31 bits per heavy atom. The van der Waals surface area contributed by atoms with Crippen LogP contribution in [-0.4, -0.2) is 18.2 Å². The maximum Gasteiger partial charge on any atom is 0.137 e. The van der Waals surface area contributed by atoms with Gasteiger partial charge in [-0.15, -0.1) is 0 Å². The van der Waals surface area contributed by atoms with E-state index in [0.29, 0.717) is 10.9 Å². The van der Waals surface area contributed by atoms with Crippen molar-refractivity contribution in [2.75, 3.05) is 13.1 Å². The zero-order valence-electron chi connectivity index (χ0n) is 9.81. The van der Waals surface area contributed by atoms with Gasteiger partial charge in [0.1, 0.15) is 5.75 Å². The molecule has 88 valence electrons. The molecule has 16 heavy (non-hydrogen) atoms. The second-order valence-corrected chi connectivity index (χ2v) is 4.97. The molecule has 2 rings (SSSR count). The van der Waals surface area contributed by atoms with Crippen LogP contribution in [0.5, 0.6) is 5.75 Å². The Labute approximate surface area is 102 Å². The summed E-state index contributed by atoms with van der Waals surface area (Å²) in [5.74, 6) is 0.818. The lowest BCUT2D eigenvalue weighted by Crippen LogP contribution is -2.27. The number of aryl methyl sites for hydroxylation is 1. The number of phenols is 1. The summed E-state index contributed by atoms with van der Waals surface area (Å²) in [5.41, 5.74) is 3.18. The molecule has 1 saturated heterocycles. The van der Waals surface area contributed by atoms with Crippen molar-refractivity contribution in [1.82, 2.24) is 5.32 Å². The van der Waals surface area contributed by atoms with Crippen molar-refractivity contribution in [3.05, 3.63) is 27.8 Å². The number of halogens is 1. The molecule has 2 nitrogen and oxygen atoms in total. The van der Waals surface area contributed by atoms with Gasteiger partial charge in [0.05, 0.1) is 5.02 Å². The van der Waals surface area contributed by atoms with Crippen LogP contribution in [-0.2, 0) is 0 Å². The molecular weight excluding hydrogens is 222 g/mol. The molecule has 0 amide bonds. The van der Waals surface area contributed by atoms with Crippen molar-refractivity contribution in [3.63, 3.8) is 0 Å². The third-order valence-electron chi connectivity index (χ3n) is 3.49. The van der Waals surface area contributed by atoms with Crippen LogP contribution in [0.3, 0.4) is 0 Å². The minimum absolute atomic E-state index is 0.259. The molecule has 0 aliphatic carbocycles. The predicted molar refractivity (Wildman–Crippen MR) is 67.4 cm³/mol. The highest BCUT2D eigenvalue weighted by Gasteiger charge is 2.20. The van der Waals surface area contributed by atoms with E-state index in [1.807, 2.05) is 13.8 Å². The van der Waals surface area contributed by atoms with Crippen molar-refractivity contribution in [2.24, 2.45) is 0 Å². The van der Waals surface area contributed by atoms with Gasteiger partial charge in [0.15, 0.2) is 0 Å². The Hall–Kier alpha value is -0.730. The first-order chi connectivity index (χ1) is 7.61. The van der Waals surface area contributed by atoms with E-state index in [1.54, 1.807) is 0 Å². The summed E-state index contributed by atoms with van der Waals surface area (Å²) in [7, 11) is 0. The first-order valence-corrected chi connectivity index (χ1v) is 6.18. The Kier molecular flexibility index (Phi) is 3.41. The van der Waals surface area contributed by atoms with E-state index in [2.05, 4.69) is 11.4 Å². The number of hydrogen-bond donors (Lipinski definition) is 2. The monoisotopic (exact) mass is 239 g/mol. The van der Waals surface area contributed by atoms with Crippen LogP contribution < -0.4 is 5.32 Å². The molecule has 0 unspecified atom stereocenters. The van der Waals surface area contributed by atoms with Gasteiger partial charge in [-0.05, 0) is 62.4 Å². The van der Waals surface area contributed by atoms with E-state index >= 15 is 0 Å². The van der Waals surface area contributed by atoms with Gasteiger partial charge in [-0.25, -0.2) is 0 Å². The van der Waals surface area contributed by atoms with Crippen molar-refractivity contribution in [1.29, 1.82) is 0 Å². The van der Waals surface area contributed by atoms with Gasteiger partial charge in [-0.2, -0.15) is 0 Å². The second kappa shape index (κ2) is 4.64. The van der Waals surface area contributed by atoms with Crippen molar-refractivity contribution >= 4 is 11.6 Å². The van der Waals surface area contributed by atoms with Crippen LogP contribution >= 0.6 is 11.6 Å². The standard InChI is InChI=1S/C13H18ClNO/c1-8-7-11(9(2)13(16)12(8)14)10-3-5-15-6-4-10/h7,10,15-16H,3-6H2,1-2H3. The fourth-order valence-corrected chi connectivity index (χ4v) is 2.65. The van der Waals surface area contributed by atoms with Crippen LogP contribution in [0.15, 0.2) is 6.07 Å². The molecule has 1 aromatic carbocycles. The number of hydrogen-bond acceptors (Lipinski definition) is 2. The number of piperidine rings is 1. The minimum Gasteiger partial charge on any atom is -0.506 e. The molecule has 0 atom stereocenters. The highest BCUT2D eigenvalue weighted by molar-refractivity contribution is 6.32. The zero-order valence-corrected chi connectivity index (χ0v) is 10.6. The molecule has 1 aromatic rings. The molecule has 0 spiro atoms. The Morgan fingerprint density at radius 2 is 1.94 bits per heavy atom. The SMILES string of the molecule is Cc1cc(C2CCNCC2)c(C)c(O)c1Cl. The highest BCUT2D eigenvalue weighted by Crippen LogP contribution is 2.38. The van der Waals surface area contributed by atoms with Crippen LogP contribution in [0.25, 0.3) is 0 Å². The fraction of sp³-hybridized carbons (Fsp3) is 0.538. The summed E-state index contributed by atoms with van der Waals surface area (Å²) in [6.07, 6.45) is 2.28. The molecule has 0 radical (unpaired) electrons. The van der Waals surface area contributed by atoms with Gasteiger partial charge >= 0.3 is 0 Å². The number of benzene rings is 1. The molecule has 1 heterocycles.